The Kier molecular flexibility index (Phi) is 13.6. The molecule has 0 aromatic heterocycles. The van der Waals surface area contributed by atoms with E-state index < -0.39 is 123 Å². The van der Waals surface area contributed by atoms with E-state index in [-0.39, 0.29) is 41.0 Å². The van der Waals surface area contributed by atoms with Crippen LogP contribution in [0.4, 0.5) is 0 Å². The van der Waals surface area contributed by atoms with Crippen molar-refractivity contribution in [1.29, 1.82) is 0 Å². The first kappa shape index (κ1) is 49.0. The van der Waals surface area contributed by atoms with Crippen LogP contribution in [-0.4, -0.2) is 193 Å². The third kappa shape index (κ3) is 7.74. The topological polar surface area (TPSA) is 285 Å². The zero-order valence-electron chi connectivity index (χ0n) is 38.3. The molecule has 4 aliphatic carbocycles. The summed E-state index contributed by atoms with van der Waals surface area (Å²) >= 11 is 0. The lowest BCUT2D eigenvalue weighted by Gasteiger charge is -2.60. The van der Waals surface area contributed by atoms with E-state index in [9.17, 15) is 51.1 Å². The summed E-state index contributed by atoms with van der Waals surface area (Å²) in [6.07, 6.45) is -14.7. The summed E-state index contributed by atoms with van der Waals surface area (Å²) in [6.45, 7) is 9.14. The number of aliphatic hydroxyl groups is 10. The minimum absolute atomic E-state index is 0.152. The Balaban J connectivity index is 0.911. The monoisotopic (exact) mass is 930 g/mol. The summed E-state index contributed by atoms with van der Waals surface area (Å²) in [5, 5.41) is 108. The Labute approximate surface area is 379 Å². The van der Waals surface area contributed by atoms with Crippen LogP contribution in [-0.2, 0) is 42.6 Å². The summed E-state index contributed by atoms with van der Waals surface area (Å²) in [6, 6.07) is 0. The van der Waals surface area contributed by atoms with Gasteiger partial charge in [0.1, 0.15) is 72.7 Å². The summed E-state index contributed by atoms with van der Waals surface area (Å²) in [7, 11) is 1.66. The molecular weight excluding hydrogens is 856 g/mol. The molecule has 0 unspecified atom stereocenters. The molecule has 27 atom stereocenters. The normalized spacial score (nSPS) is 57.8. The quantitative estimate of drug-likeness (QED) is 0.128. The van der Waals surface area contributed by atoms with Gasteiger partial charge in [0.05, 0.1) is 31.5 Å². The number of hydrogen-bond acceptors (Lipinski definition) is 19. The maximum atomic E-state index is 12.9. The molecule has 5 heterocycles. The van der Waals surface area contributed by atoms with E-state index in [4.69, 9.17) is 42.6 Å². The highest BCUT2D eigenvalue weighted by Gasteiger charge is 2.76. The van der Waals surface area contributed by atoms with Crippen LogP contribution in [0.15, 0.2) is 11.6 Å². The molecule has 0 aromatic carbocycles. The van der Waals surface area contributed by atoms with Gasteiger partial charge in [-0.3, -0.25) is 0 Å². The van der Waals surface area contributed by atoms with Gasteiger partial charge in [0, 0.05) is 30.8 Å². The van der Waals surface area contributed by atoms with E-state index in [1.807, 2.05) is 0 Å². The van der Waals surface area contributed by atoms with E-state index >= 15 is 0 Å². The number of ether oxygens (including phenoxy) is 9. The van der Waals surface area contributed by atoms with Crippen molar-refractivity contribution >= 4 is 0 Å². The average Bonchev–Trinajstić information content (AvgIpc) is 3.64. The molecule has 5 aliphatic heterocycles. The van der Waals surface area contributed by atoms with Gasteiger partial charge in [0.25, 0.3) is 0 Å². The fraction of sp³-hybridized carbons (Fsp3) is 0.957. The number of rotatable bonds is 9. The van der Waals surface area contributed by atoms with Gasteiger partial charge in [-0.25, -0.2) is 0 Å². The third-order valence-corrected chi connectivity index (χ3v) is 18.3. The lowest BCUT2D eigenvalue weighted by molar-refractivity contribution is -0.375. The number of methoxy groups -OCH3 is 1. The zero-order chi connectivity index (χ0) is 46.7. The lowest BCUT2D eigenvalue weighted by Crippen LogP contribution is -2.65. The Hall–Kier alpha value is -1.02. The fourth-order valence-electron chi connectivity index (χ4n) is 14.1. The molecule has 3 saturated carbocycles. The highest BCUT2D eigenvalue weighted by molar-refractivity contribution is 5.29. The molecule has 0 radical (unpaired) electrons. The fourth-order valence-corrected chi connectivity index (χ4v) is 14.1. The first-order valence-corrected chi connectivity index (χ1v) is 24.0. The van der Waals surface area contributed by atoms with Crippen molar-refractivity contribution in [2.45, 2.75) is 214 Å². The summed E-state index contributed by atoms with van der Waals surface area (Å²) in [4.78, 5) is 0. The summed E-state index contributed by atoms with van der Waals surface area (Å²) in [5.74, 6) is 0.0340. The Morgan fingerprint density at radius 1 is 0.692 bits per heavy atom. The van der Waals surface area contributed by atoms with Gasteiger partial charge in [-0.05, 0) is 81.5 Å². The molecule has 19 heteroatoms. The third-order valence-electron chi connectivity index (χ3n) is 18.3. The molecule has 0 bridgehead atoms. The van der Waals surface area contributed by atoms with Crippen molar-refractivity contribution < 1.29 is 93.7 Å². The molecule has 9 rings (SSSR count). The average molecular weight is 931 g/mol. The second-order valence-electron chi connectivity index (χ2n) is 21.5. The van der Waals surface area contributed by atoms with Crippen molar-refractivity contribution in [3.63, 3.8) is 0 Å². The number of hydrogen-bond donors (Lipinski definition) is 10. The SMILES string of the molecule is CO[C@@H]1O[C@@]2(CC[C@@H]1C)O[C@H]1C[C@H]3[C@@H]4CC=C5C[C@@H](O[C@@H]6O[C@H](CO[C@@H]7O[C@@H](CO)[C@H](O)[C@@H](O)[C@@H]7O)[C@H](O)[C@@H](O)[C@H]6O[C@@H]6O[C@H](C)[C@@H](O)[C@H](O)[C@@H]6O)CC[C@@]5(C)[C@H]4CC[C@]3(C)[C@@]1(O)[C@H]2C. The minimum Gasteiger partial charge on any atom is -0.394 e. The minimum atomic E-state index is -1.73. The van der Waals surface area contributed by atoms with Gasteiger partial charge in [0.2, 0.25) is 0 Å². The van der Waals surface area contributed by atoms with Gasteiger partial charge in [-0.15, -0.1) is 0 Å². The van der Waals surface area contributed by atoms with Crippen molar-refractivity contribution in [3.8, 4) is 0 Å². The van der Waals surface area contributed by atoms with Crippen molar-refractivity contribution in [3.05, 3.63) is 11.6 Å². The highest BCUT2D eigenvalue weighted by atomic mass is 16.8. The molecule has 8 fully saturated rings. The molecule has 372 valence electrons. The van der Waals surface area contributed by atoms with E-state index in [0.717, 1.165) is 38.5 Å². The Bertz CT molecular complexity index is 1720. The van der Waals surface area contributed by atoms with Crippen molar-refractivity contribution in [2.75, 3.05) is 20.3 Å². The van der Waals surface area contributed by atoms with Gasteiger partial charge in [-0.1, -0.05) is 39.3 Å². The molecule has 10 N–H and O–H groups in total. The first-order valence-electron chi connectivity index (χ1n) is 24.0. The summed E-state index contributed by atoms with van der Waals surface area (Å²) in [5.41, 5.74) is -0.327. The molecule has 1 spiro atoms. The first-order chi connectivity index (χ1) is 30.7. The van der Waals surface area contributed by atoms with E-state index in [1.165, 1.54) is 12.5 Å². The van der Waals surface area contributed by atoms with Gasteiger partial charge >= 0.3 is 0 Å². The smallest absolute Gasteiger partial charge is 0.187 e. The number of fused-ring (bicyclic) bond motifs is 7. The van der Waals surface area contributed by atoms with Crippen LogP contribution in [0.2, 0.25) is 0 Å². The van der Waals surface area contributed by atoms with Crippen LogP contribution >= 0.6 is 0 Å². The molecular formula is C46H74O19. The van der Waals surface area contributed by atoms with Gasteiger partial charge in [-0.2, -0.15) is 0 Å². The largest absolute Gasteiger partial charge is 0.394 e. The standard InChI is InChI=1S/C46H74O19/c1-19-9-14-45(65-39(19)57-6)21(3)46(56)29(64-45)16-26-24-8-7-22-15-23(10-12-43(22,4)25(24)11-13-44(26,46)5)60-42-38(63-41-37(55)33(51)30(48)20(2)59-41)35(53)32(50)28(62-42)18-58-40-36(54)34(52)31(49)27(17-47)61-40/h7,19-21,23-42,47-56H,8-18H2,1-6H3/t19-,20+,21-,23-,24+,25-,26-,27-,28+,29-,30+,31-,32-,33-,34+,35+,36-,37-,38+,39+,40+,41-,42+,43+,44-,45+,46+/m0/s1. The molecule has 9 aliphatic rings. The Morgan fingerprint density at radius 3 is 2.11 bits per heavy atom. The molecule has 5 saturated heterocycles. The number of allylic oxidation sites excluding steroid dienone is 1. The molecule has 0 amide bonds. The van der Waals surface area contributed by atoms with Crippen LogP contribution in [0.1, 0.15) is 92.4 Å². The second-order valence-corrected chi connectivity index (χ2v) is 21.5. The van der Waals surface area contributed by atoms with Crippen LogP contribution in [0.25, 0.3) is 0 Å². The van der Waals surface area contributed by atoms with E-state index in [0.29, 0.717) is 31.1 Å². The predicted octanol–water partition coefficient (Wildman–Crippen LogP) is -0.698. The zero-order valence-corrected chi connectivity index (χ0v) is 38.3. The van der Waals surface area contributed by atoms with Gasteiger partial charge in [0.15, 0.2) is 30.9 Å². The van der Waals surface area contributed by atoms with Crippen molar-refractivity contribution in [1.82, 2.24) is 0 Å². The van der Waals surface area contributed by atoms with E-state index in [2.05, 4.69) is 33.8 Å². The maximum absolute atomic E-state index is 12.9. The lowest BCUT2D eigenvalue weighted by atomic mass is 9.46. The van der Waals surface area contributed by atoms with Crippen LogP contribution in [0.5, 0.6) is 0 Å². The maximum Gasteiger partial charge on any atom is 0.187 e. The molecule has 0 aromatic rings. The van der Waals surface area contributed by atoms with E-state index in [1.54, 1.807) is 7.11 Å². The van der Waals surface area contributed by atoms with Gasteiger partial charge < -0.3 is 93.7 Å². The van der Waals surface area contributed by atoms with Crippen molar-refractivity contribution in [2.24, 2.45) is 40.4 Å². The second kappa shape index (κ2) is 18.0. The molecule has 65 heavy (non-hydrogen) atoms. The van der Waals surface area contributed by atoms with Crippen LogP contribution < -0.4 is 0 Å². The van der Waals surface area contributed by atoms with Crippen LogP contribution in [0, 0.1) is 40.4 Å². The molecule has 19 nitrogen and oxygen atoms in total. The highest BCUT2D eigenvalue weighted by Crippen LogP contribution is 2.72. The van der Waals surface area contributed by atoms with Crippen LogP contribution in [0.3, 0.4) is 0 Å². The number of aliphatic hydroxyl groups excluding tert-OH is 9. The summed E-state index contributed by atoms with van der Waals surface area (Å²) < 4.78 is 55.1. The Morgan fingerprint density at radius 2 is 1.38 bits per heavy atom. The predicted molar refractivity (Wildman–Crippen MR) is 222 cm³/mol.